The van der Waals surface area contributed by atoms with Gasteiger partial charge in [0.25, 0.3) is 5.91 Å². The number of halogens is 2. The fourth-order valence-electron chi connectivity index (χ4n) is 3.60. The Kier molecular flexibility index (Phi) is 9.09. The molecule has 3 rings (SSSR count). The molecule has 1 amide bonds. The maximum absolute atomic E-state index is 14.4. The van der Waals surface area contributed by atoms with E-state index in [0.717, 1.165) is 43.1 Å². The van der Waals surface area contributed by atoms with Crippen molar-refractivity contribution in [2.24, 2.45) is 4.99 Å². The minimum absolute atomic E-state index is 0.113. The van der Waals surface area contributed by atoms with Gasteiger partial charge in [0.1, 0.15) is 5.82 Å². The SMILES string of the molecule is C=CCn1c(=NC(=O)c2ccc(S(=O)(=O)N(CCCC)CCCC)cc2)sc2cc(F)cc(F)c21. The molecule has 35 heavy (non-hydrogen) atoms. The molecule has 0 bridgehead atoms. The second kappa shape index (κ2) is 11.8. The molecule has 0 spiro atoms. The highest BCUT2D eigenvalue weighted by Crippen LogP contribution is 2.23. The van der Waals surface area contributed by atoms with Crippen molar-refractivity contribution in [3.63, 3.8) is 0 Å². The van der Waals surface area contributed by atoms with Crippen LogP contribution in [-0.4, -0.2) is 36.3 Å². The Morgan fingerprint density at radius 2 is 1.74 bits per heavy atom. The summed E-state index contributed by atoms with van der Waals surface area (Å²) in [5, 5.41) is 0. The first-order valence-corrected chi connectivity index (χ1v) is 13.8. The third-order valence-electron chi connectivity index (χ3n) is 5.47. The number of nitrogens with zero attached hydrogens (tertiary/aromatic N) is 3. The van der Waals surface area contributed by atoms with Crippen LogP contribution >= 0.6 is 11.3 Å². The van der Waals surface area contributed by atoms with Gasteiger partial charge in [-0.2, -0.15) is 9.30 Å². The van der Waals surface area contributed by atoms with Gasteiger partial charge in [-0.3, -0.25) is 4.79 Å². The lowest BCUT2D eigenvalue weighted by atomic mass is 10.2. The number of benzene rings is 2. The first-order chi connectivity index (χ1) is 16.7. The number of rotatable bonds is 11. The van der Waals surface area contributed by atoms with Gasteiger partial charge in [-0.1, -0.05) is 44.1 Å². The maximum Gasteiger partial charge on any atom is 0.279 e. The molecule has 188 valence electrons. The van der Waals surface area contributed by atoms with Crippen molar-refractivity contribution in [2.45, 2.75) is 51.0 Å². The third kappa shape index (κ3) is 6.12. The highest BCUT2D eigenvalue weighted by molar-refractivity contribution is 7.89. The standard InChI is InChI=1S/C25H29F2N3O3S2/c1-4-7-14-29(15-8-5-2)35(32,33)20-11-9-18(10-12-20)24(31)28-25-30(13-6-3)23-21(27)16-19(26)17-22(23)34-25/h6,9-12,16-17H,3-5,7-8,13-15H2,1-2H3. The molecular formula is C25H29F2N3O3S2. The van der Waals surface area contributed by atoms with Crippen molar-refractivity contribution >= 4 is 37.5 Å². The van der Waals surface area contributed by atoms with E-state index in [1.807, 2.05) is 13.8 Å². The quantitative estimate of drug-likeness (QED) is 0.313. The molecule has 0 fully saturated rings. The van der Waals surface area contributed by atoms with Gasteiger partial charge in [0, 0.05) is 31.3 Å². The van der Waals surface area contributed by atoms with Crippen molar-refractivity contribution in [1.82, 2.24) is 8.87 Å². The molecular weight excluding hydrogens is 492 g/mol. The fraction of sp³-hybridized carbons (Fsp3) is 0.360. The van der Waals surface area contributed by atoms with E-state index in [1.165, 1.54) is 45.3 Å². The third-order valence-corrected chi connectivity index (χ3v) is 8.40. The van der Waals surface area contributed by atoms with E-state index in [9.17, 15) is 22.0 Å². The van der Waals surface area contributed by atoms with E-state index in [4.69, 9.17) is 0 Å². The second-order valence-corrected chi connectivity index (χ2v) is 11.0. The van der Waals surface area contributed by atoms with Crippen molar-refractivity contribution in [2.75, 3.05) is 13.1 Å². The summed E-state index contributed by atoms with van der Waals surface area (Å²) in [7, 11) is -3.69. The molecule has 6 nitrogen and oxygen atoms in total. The van der Waals surface area contributed by atoms with E-state index in [1.54, 1.807) is 0 Å². The molecule has 0 saturated heterocycles. The predicted molar refractivity (Wildman–Crippen MR) is 135 cm³/mol. The van der Waals surface area contributed by atoms with Crippen molar-refractivity contribution in [3.8, 4) is 0 Å². The number of carbonyl (C=O) groups is 1. The Balaban J connectivity index is 1.94. The Morgan fingerprint density at radius 3 is 2.31 bits per heavy atom. The molecule has 2 aromatic carbocycles. The molecule has 3 aromatic rings. The summed E-state index contributed by atoms with van der Waals surface area (Å²) in [6.07, 6.45) is 4.83. The number of hydrogen-bond acceptors (Lipinski definition) is 4. The van der Waals surface area contributed by atoms with Crippen molar-refractivity contribution < 1.29 is 22.0 Å². The first-order valence-electron chi connectivity index (χ1n) is 11.5. The lowest BCUT2D eigenvalue weighted by Crippen LogP contribution is -2.33. The summed E-state index contributed by atoms with van der Waals surface area (Å²) in [5.74, 6) is -2.09. The maximum atomic E-state index is 14.4. The Labute approximate surface area is 208 Å². The number of hydrogen-bond donors (Lipinski definition) is 0. The summed E-state index contributed by atoms with van der Waals surface area (Å²) in [6, 6.07) is 7.61. The Hall–Kier alpha value is -2.69. The molecule has 0 saturated carbocycles. The van der Waals surface area contributed by atoms with Crippen LogP contribution in [0.25, 0.3) is 10.2 Å². The van der Waals surface area contributed by atoms with Crippen LogP contribution in [-0.2, 0) is 16.6 Å². The number of amides is 1. The van der Waals surface area contributed by atoms with E-state index < -0.39 is 27.6 Å². The predicted octanol–water partition coefficient (Wildman–Crippen LogP) is 5.50. The molecule has 0 aliphatic heterocycles. The summed E-state index contributed by atoms with van der Waals surface area (Å²) in [6.45, 7) is 8.74. The highest BCUT2D eigenvalue weighted by Gasteiger charge is 2.24. The van der Waals surface area contributed by atoms with Gasteiger partial charge in [-0.25, -0.2) is 17.2 Å². The highest BCUT2D eigenvalue weighted by atomic mass is 32.2. The minimum atomic E-state index is -3.69. The monoisotopic (exact) mass is 521 g/mol. The van der Waals surface area contributed by atoms with Crippen LogP contribution in [0.3, 0.4) is 0 Å². The van der Waals surface area contributed by atoms with Crippen LogP contribution in [0.15, 0.2) is 58.9 Å². The molecule has 0 unspecified atom stereocenters. The van der Waals surface area contributed by atoms with Crippen molar-refractivity contribution in [1.29, 1.82) is 0 Å². The smallest absolute Gasteiger partial charge is 0.279 e. The minimum Gasteiger partial charge on any atom is -0.310 e. The molecule has 0 N–H and O–H groups in total. The molecule has 1 aromatic heterocycles. The molecule has 0 radical (unpaired) electrons. The van der Waals surface area contributed by atoms with E-state index >= 15 is 0 Å². The second-order valence-electron chi connectivity index (χ2n) is 8.07. The molecule has 0 aliphatic rings. The van der Waals surface area contributed by atoms with Crippen LogP contribution in [0.1, 0.15) is 49.9 Å². The largest absolute Gasteiger partial charge is 0.310 e. The van der Waals surface area contributed by atoms with Crippen LogP contribution in [0, 0.1) is 11.6 Å². The van der Waals surface area contributed by atoms with Crippen LogP contribution in [0.5, 0.6) is 0 Å². The number of allylic oxidation sites excluding steroid dienone is 1. The number of sulfonamides is 1. The van der Waals surface area contributed by atoms with Gasteiger partial charge in [0.2, 0.25) is 10.0 Å². The molecule has 0 atom stereocenters. The topological polar surface area (TPSA) is 71.7 Å². The van der Waals surface area contributed by atoms with Crippen LogP contribution in [0.2, 0.25) is 0 Å². The molecule has 0 aliphatic carbocycles. The summed E-state index contributed by atoms with van der Waals surface area (Å²) >= 11 is 0.987. The zero-order valence-corrected chi connectivity index (χ0v) is 21.5. The van der Waals surface area contributed by atoms with Gasteiger partial charge in [-0.05, 0) is 43.2 Å². The number of thiazole rings is 1. The lowest BCUT2D eigenvalue weighted by molar-refractivity contribution is 0.0997. The first kappa shape index (κ1) is 26.9. The number of fused-ring (bicyclic) bond motifs is 1. The average molecular weight is 522 g/mol. The zero-order chi connectivity index (χ0) is 25.6. The average Bonchev–Trinajstić information content (AvgIpc) is 3.16. The number of unbranched alkanes of at least 4 members (excludes halogenated alkanes) is 2. The van der Waals surface area contributed by atoms with E-state index in [2.05, 4.69) is 11.6 Å². The van der Waals surface area contributed by atoms with Gasteiger partial charge < -0.3 is 4.57 Å². The lowest BCUT2D eigenvalue weighted by Gasteiger charge is -2.22. The Bertz CT molecular complexity index is 1370. The Morgan fingerprint density at radius 1 is 1.11 bits per heavy atom. The van der Waals surface area contributed by atoms with Gasteiger partial charge in [0.05, 0.1) is 15.1 Å². The number of carbonyl (C=O) groups excluding carboxylic acids is 1. The summed E-state index contributed by atoms with van der Waals surface area (Å²) in [4.78, 5) is 17.3. The van der Waals surface area contributed by atoms with E-state index in [0.29, 0.717) is 17.8 Å². The van der Waals surface area contributed by atoms with Gasteiger partial charge in [0.15, 0.2) is 10.6 Å². The van der Waals surface area contributed by atoms with Crippen LogP contribution < -0.4 is 4.80 Å². The zero-order valence-electron chi connectivity index (χ0n) is 19.8. The fourth-order valence-corrected chi connectivity index (χ4v) is 6.20. The van der Waals surface area contributed by atoms with Crippen LogP contribution in [0.4, 0.5) is 8.78 Å². The normalized spacial score (nSPS) is 12.5. The van der Waals surface area contributed by atoms with Gasteiger partial charge >= 0.3 is 0 Å². The van der Waals surface area contributed by atoms with Gasteiger partial charge in [-0.15, -0.1) is 6.58 Å². The van der Waals surface area contributed by atoms with Crippen molar-refractivity contribution in [3.05, 3.63) is 71.1 Å². The number of aromatic nitrogens is 1. The molecule has 10 heteroatoms. The summed E-state index contributed by atoms with van der Waals surface area (Å²) < 4.78 is 57.6. The summed E-state index contributed by atoms with van der Waals surface area (Å²) in [5.41, 5.74) is 0.329. The van der Waals surface area contributed by atoms with E-state index in [-0.39, 0.29) is 27.3 Å². The molecule has 1 heterocycles.